The fourth-order valence-electron chi connectivity index (χ4n) is 2.18. The first-order valence-corrected chi connectivity index (χ1v) is 9.77. The minimum atomic E-state index is 0.124. The maximum absolute atomic E-state index is 6.42. The number of benzene rings is 3. The maximum Gasteiger partial charge on any atom is 0.151 e. The zero-order chi connectivity index (χ0) is 20.6. The highest BCUT2D eigenvalue weighted by atomic mass is 35.5. The first-order valence-electron chi connectivity index (χ1n) is 7.50. The van der Waals surface area contributed by atoms with Crippen LogP contribution in [0.5, 0.6) is 23.0 Å². The summed E-state index contributed by atoms with van der Waals surface area (Å²) in [7, 11) is 0. The second-order valence-electron chi connectivity index (χ2n) is 5.47. The molecule has 3 aromatic carbocycles. The van der Waals surface area contributed by atoms with Crippen molar-refractivity contribution >= 4 is 81.0 Å². The summed E-state index contributed by atoms with van der Waals surface area (Å²) in [6.45, 7) is 0. The number of nitrogen functional groups attached to an aromatic ring is 2. The Morgan fingerprint density at radius 3 is 1.32 bits per heavy atom. The standard InChI is InChI=1S/C18H10Cl6N2O2/c19-7-5-12(27-10-3-1-8(20)17(25)15(10)23)14(22)13(6-7)28-11-4-2-9(21)18(26)16(11)24/h1-6H,25-26H2. The Bertz CT molecular complexity index is 994. The summed E-state index contributed by atoms with van der Waals surface area (Å²) < 4.78 is 11.5. The van der Waals surface area contributed by atoms with Gasteiger partial charge in [0, 0.05) is 17.2 Å². The Labute approximate surface area is 190 Å². The van der Waals surface area contributed by atoms with Gasteiger partial charge in [0.25, 0.3) is 0 Å². The van der Waals surface area contributed by atoms with Crippen LogP contribution in [0.1, 0.15) is 0 Å². The number of nitrogens with two attached hydrogens (primary N) is 2. The molecular formula is C18H10Cl6N2O2. The highest BCUT2D eigenvalue weighted by Crippen LogP contribution is 2.46. The van der Waals surface area contributed by atoms with Gasteiger partial charge in [0.15, 0.2) is 11.5 Å². The smallest absolute Gasteiger partial charge is 0.151 e. The molecule has 0 aromatic heterocycles. The highest BCUT2D eigenvalue weighted by molar-refractivity contribution is 6.40. The van der Waals surface area contributed by atoms with Crippen molar-refractivity contribution in [1.82, 2.24) is 0 Å². The molecule has 0 saturated heterocycles. The molecule has 0 aliphatic rings. The molecule has 3 aromatic rings. The highest BCUT2D eigenvalue weighted by Gasteiger charge is 2.18. The number of hydrogen-bond acceptors (Lipinski definition) is 4. The predicted molar refractivity (Wildman–Crippen MR) is 118 cm³/mol. The van der Waals surface area contributed by atoms with Crippen LogP contribution < -0.4 is 20.9 Å². The van der Waals surface area contributed by atoms with Crippen LogP contribution in [-0.2, 0) is 0 Å². The van der Waals surface area contributed by atoms with Gasteiger partial charge in [0.2, 0.25) is 0 Å². The molecule has 4 nitrogen and oxygen atoms in total. The largest absolute Gasteiger partial charge is 0.454 e. The Kier molecular flexibility index (Phi) is 6.50. The molecule has 0 bridgehead atoms. The molecule has 0 heterocycles. The van der Waals surface area contributed by atoms with Crippen molar-refractivity contribution in [1.29, 1.82) is 0 Å². The first kappa shape index (κ1) is 21.3. The molecule has 0 atom stereocenters. The van der Waals surface area contributed by atoms with Gasteiger partial charge in [-0.2, -0.15) is 0 Å². The molecule has 0 saturated carbocycles. The van der Waals surface area contributed by atoms with E-state index in [0.29, 0.717) is 15.1 Å². The third-order valence-electron chi connectivity index (χ3n) is 3.59. The van der Waals surface area contributed by atoms with E-state index in [1.165, 1.54) is 12.1 Å². The van der Waals surface area contributed by atoms with Crippen molar-refractivity contribution in [3.63, 3.8) is 0 Å². The Balaban J connectivity index is 1.99. The molecule has 28 heavy (non-hydrogen) atoms. The third-order valence-corrected chi connectivity index (χ3v) is 5.62. The van der Waals surface area contributed by atoms with Gasteiger partial charge >= 0.3 is 0 Å². The van der Waals surface area contributed by atoms with Gasteiger partial charge in [-0.1, -0.05) is 69.6 Å². The number of hydrogen-bond donors (Lipinski definition) is 2. The monoisotopic (exact) mass is 496 g/mol. The topological polar surface area (TPSA) is 70.5 Å². The van der Waals surface area contributed by atoms with Gasteiger partial charge in [-0.05, 0) is 24.3 Å². The van der Waals surface area contributed by atoms with E-state index in [1.54, 1.807) is 24.3 Å². The predicted octanol–water partition coefficient (Wildman–Crippen LogP) is 8.36. The SMILES string of the molecule is Nc1c(Cl)ccc(Oc2cc(Cl)cc(Oc3ccc(Cl)c(N)c3Cl)c2Cl)c1Cl. The minimum Gasteiger partial charge on any atom is -0.454 e. The van der Waals surface area contributed by atoms with E-state index < -0.39 is 0 Å². The van der Waals surface area contributed by atoms with Crippen LogP contribution >= 0.6 is 69.6 Å². The van der Waals surface area contributed by atoms with E-state index in [2.05, 4.69) is 0 Å². The van der Waals surface area contributed by atoms with Crippen molar-refractivity contribution in [3.05, 3.63) is 66.5 Å². The van der Waals surface area contributed by atoms with Gasteiger partial charge in [-0.15, -0.1) is 0 Å². The summed E-state index contributed by atoms with van der Waals surface area (Å²) in [6.07, 6.45) is 0. The summed E-state index contributed by atoms with van der Waals surface area (Å²) in [5.74, 6) is 0.858. The maximum atomic E-state index is 6.42. The second-order valence-corrected chi connectivity index (χ2v) is 7.85. The number of ether oxygens (including phenoxy) is 2. The van der Waals surface area contributed by atoms with Crippen molar-refractivity contribution in [2.75, 3.05) is 11.5 Å². The first-order chi connectivity index (χ1) is 13.2. The van der Waals surface area contributed by atoms with Crippen LogP contribution in [0.4, 0.5) is 11.4 Å². The molecule has 0 aliphatic carbocycles. The van der Waals surface area contributed by atoms with Gasteiger partial charge in [0.1, 0.15) is 26.6 Å². The number of anilines is 2. The molecule has 3 rings (SSSR count). The molecule has 0 fully saturated rings. The lowest BCUT2D eigenvalue weighted by atomic mass is 10.2. The van der Waals surface area contributed by atoms with E-state index in [0.717, 1.165) is 0 Å². The van der Waals surface area contributed by atoms with E-state index in [-0.39, 0.29) is 49.4 Å². The second kappa shape index (κ2) is 8.54. The van der Waals surface area contributed by atoms with E-state index in [1.807, 2.05) is 0 Å². The Morgan fingerprint density at radius 1 is 0.536 bits per heavy atom. The fourth-order valence-corrected chi connectivity index (χ4v) is 3.39. The van der Waals surface area contributed by atoms with Gasteiger partial charge in [-0.3, -0.25) is 0 Å². The van der Waals surface area contributed by atoms with Crippen LogP contribution in [-0.4, -0.2) is 0 Å². The Morgan fingerprint density at radius 2 is 0.929 bits per heavy atom. The van der Waals surface area contributed by atoms with Crippen LogP contribution in [0.25, 0.3) is 0 Å². The molecule has 146 valence electrons. The molecule has 0 radical (unpaired) electrons. The summed E-state index contributed by atoms with van der Waals surface area (Å²) in [6, 6.07) is 9.19. The summed E-state index contributed by atoms with van der Waals surface area (Å²) in [5, 5.41) is 1.30. The lowest BCUT2D eigenvalue weighted by molar-refractivity contribution is 0.461. The zero-order valence-corrected chi connectivity index (χ0v) is 18.2. The minimum absolute atomic E-state index is 0.124. The molecule has 0 aliphatic heterocycles. The van der Waals surface area contributed by atoms with Crippen molar-refractivity contribution in [2.45, 2.75) is 0 Å². The summed E-state index contributed by atoms with van der Waals surface area (Å²) in [4.78, 5) is 0. The summed E-state index contributed by atoms with van der Waals surface area (Å²) >= 11 is 36.8. The summed E-state index contributed by atoms with van der Waals surface area (Å²) in [5.41, 5.74) is 12.0. The molecule has 0 spiro atoms. The quantitative estimate of drug-likeness (QED) is 0.354. The average Bonchev–Trinajstić information content (AvgIpc) is 2.66. The van der Waals surface area contributed by atoms with E-state index in [4.69, 9.17) is 90.5 Å². The lowest BCUT2D eigenvalue weighted by Gasteiger charge is -2.15. The molecule has 4 N–H and O–H groups in total. The lowest BCUT2D eigenvalue weighted by Crippen LogP contribution is -1.95. The van der Waals surface area contributed by atoms with Crippen LogP contribution in [0.3, 0.4) is 0 Å². The van der Waals surface area contributed by atoms with Gasteiger partial charge < -0.3 is 20.9 Å². The number of rotatable bonds is 4. The third kappa shape index (κ3) is 4.28. The fraction of sp³-hybridized carbons (Fsp3) is 0. The van der Waals surface area contributed by atoms with Gasteiger partial charge in [-0.25, -0.2) is 0 Å². The van der Waals surface area contributed by atoms with Crippen LogP contribution in [0.2, 0.25) is 30.1 Å². The van der Waals surface area contributed by atoms with Crippen molar-refractivity contribution < 1.29 is 9.47 Å². The normalized spacial score (nSPS) is 10.8. The average molecular weight is 499 g/mol. The molecule has 0 amide bonds. The van der Waals surface area contributed by atoms with Crippen LogP contribution in [0, 0.1) is 0 Å². The Hall–Kier alpha value is -1.40. The van der Waals surface area contributed by atoms with Crippen molar-refractivity contribution in [3.8, 4) is 23.0 Å². The molecular weight excluding hydrogens is 489 g/mol. The molecule has 0 unspecified atom stereocenters. The van der Waals surface area contributed by atoms with E-state index >= 15 is 0 Å². The van der Waals surface area contributed by atoms with Crippen molar-refractivity contribution in [2.24, 2.45) is 0 Å². The van der Waals surface area contributed by atoms with Crippen LogP contribution in [0.15, 0.2) is 36.4 Å². The zero-order valence-electron chi connectivity index (χ0n) is 13.7. The van der Waals surface area contributed by atoms with Gasteiger partial charge in [0.05, 0.1) is 21.4 Å². The van der Waals surface area contributed by atoms with E-state index in [9.17, 15) is 0 Å². The number of halogens is 6. The molecule has 10 heteroatoms.